The minimum Gasteiger partial charge on any atom is -0.497 e. The van der Waals surface area contributed by atoms with Gasteiger partial charge in [-0.1, -0.05) is 43.7 Å². The lowest BCUT2D eigenvalue weighted by atomic mass is 10.0. The summed E-state index contributed by atoms with van der Waals surface area (Å²) in [5, 5.41) is 5.53. The molecule has 0 heterocycles. The van der Waals surface area contributed by atoms with Crippen LogP contribution in [0.5, 0.6) is 11.5 Å². The van der Waals surface area contributed by atoms with Crippen molar-refractivity contribution in [3.05, 3.63) is 96.1 Å². The Bertz CT molecular complexity index is 1750. The summed E-state index contributed by atoms with van der Waals surface area (Å²) >= 11 is 0. The molecule has 0 saturated heterocycles. The molecule has 4 aromatic carbocycles. The molecule has 0 spiro atoms. The van der Waals surface area contributed by atoms with Crippen molar-refractivity contribution in [1.82, 2.24) is 0 Å². The maximum absolute atomic E-state index is 12.1. The first-order valence-corrected chi connectivity index (χ1v) is 16.3. The van der Waals surface area contributed by atoms with Gasteiger partial charge in [-0.2, -0.15) is 0 Å². The highest BCUT2D eigenvalue weighted by atomic mass is 16.5. The number of nitrogen functional groups attached to an aromatic ring is 3. The second-order valence-corrected chi connectivity index (χ2v) is 11.5. The summed E-state index contributed by atoms with van der Waals surface area (Å²) in [7, 11) is 3.20. The molecule has 0 aromatic heterocycles. The lowest BCUT2D eigenvalue weighted by Crippen LogP contribution is -2.13. The molecule has 11 nitrogen and oxygen atoms in total. The van der Waals surface area contributed by atoms with Crippen molar-refractivity contribution in [1.29, 1.82) is 0 Å². The van der Waals surface area contributed by atoms with Crippen LogP contribution in [0.15, 0.2) is 84.9 Å². The van der Waals surface area contributed by atoms with Crippen LogP contribution in [-0.4, -0.2) is 38.6 Å². The number of rotatable bonds is 14. The van der Waals surface area contributed by atoms with E-state index in [4.69, 9.17) is 31.4 Å². The predicted molar refractivity (Wildman–Crippen MR) is 202 cm³/mol. The number of amides is 2. The highest BCUT2D eigenvalue weighted by Gasteiger charge is 2.08. The molecule has 50 heavy (non-hydrogen) atoms. The number of nitrogens with one attached hydrogen (secondary N) is 2. The fourth-order valence-electron chi connectivity index (χ4n) is 4.74. The van der Waals surface area contributed by atoms with Gasteiger partial charge in [-0.05, 0) is 91.1 Å². The van der Waals surface area contributed by atoms with E-state index in [1.165, 1.54) is 6.08 Å². The Kier molecular flexibility index (Phi) is 15.2. The molecule has 0 aliphatic carbocycles. The Morgan fingerprint density at radius 1 is 0.740 bits per heavy atom. The molecule has 2 amide bonds. The molecular weight excluding hydrogens is 634 g/mol. The molecule has 11 heteroatoms. The van der Waals surface area contributed by atoms with Crippen LogP contribution in [0.2, 0.25) is 0 Å². The molecule has 0 unspecified atom stereocenters. The first-order valence-electron chi connectivity index (χ1n) is 16.3. The second kappa shape index (κ2) is 19.8. The molecular formula is C39H47N5O6. The normalized spacial score (nSPS) is 10.5. The van der Waals surface area contributed by atoms with Gasteiger partial charge >= 0.3 is 5.97 Å². The van der Waals surface area contributed by atoms with E-state index in [-0.39, 0.29) is 24.8 Å². The molecule has 4 aromatic rings. The molecule has 0 atom stereocenters. The minimum absolute atomic E-state index is 0.0346. The number of esters is 1. The SMILES string of the molecule is CCCCC(=O)Nc1ccc(C)cc1N.COc1ccc(-c2ccc(/C=C/C(=O)OCCCC(=O)Nc3cc(N)cc(N)c3)c(OC)c2)cc1. The fourth-order valence-corrected chi connectivity index (χ4v) is 4.74. The van der Waals surface area contributed by atoms with Crippen LogP contribution in [-0.2, 0) is 19.1 Å². The van der Waals surface area contributed by atoms with Crippen LogP contribution < -0.4 is 37.3 Å². The van der Waals surface area contributed by atoms with E-state index in [1.54, 1.807) is 38.5 Å². The van der Waals surface area contributed by atoms with Crippen LogP contribution in [0.3, 0.4) is 0 Å². The summed E-state index contributed by atoms with van der Waals surface area (Å²) in [6.07, 6.45) is 6.03. The van der Waals surface area contributed by atoms with Gasteiger partial charge in [0.25, 0.3) is 0 Å². The smallest absolute Gasteiger partial charge is 0.330 e. The largest absolute Gasteiger partial charge is 0.497 e. The third-order valence-electron chi connectivity index (χ3n) is 7.35. The van der Waals surface area contributed by atoms with Gasteiger partial charge in [0.05, 0.1) is 32.2 Å². The number of hydrogen-bond acceptors (Lipinski definition) is 9. The van der Waals surface area contributed by atoms with Gasteiger partial charge in [-0.15, -0.1) is 0 Å². The first kappa shape index (κ1) is 38.5. The van der Waals surface area contributed by atoms with Gasteiger partial charge in [0.15, 0.2) is 0 Å². The van der Waals surface area contributed by atoms with E-state index >= 15 is 0 Å². The van der Waals surface area contributed by atoms with Gasteiger partial charge in [-0.25, -0.2) is 4.79 Å². The third-order valence-corrected chi connectivity index (χ3v) is 7.35. The van der Waals surface area contributed by atoms with Crippen molar-refractivity contribution >= 4 is 52.3 Å². The zero-order valence-corrected chi connectivity index (χ0v) is 29.1. The van der Waals surface area contributed by atoms with E-state index < -0.39 is 5.97 Å². The third kappa shape index (κ3) is 12.9. The van der Waals surface area contributed by atoms with Crippen LogP contribution >= 0.6 is 0 Å². The van der Waals surface area contributed by atoms with Gasteiger partial charge in [0.2, 0.25) is 11.8 Å². The monoisotopic (exact) mass is 681 g/mol. The van der Waals surface area contributed by atoms with Crippen molar-refractivity contribution in [2.75, 3.05) is 48.7 Å². The van der Waals surface area contributed by atoms with Crippen molar-refractivity contribution < 1.29 is 28.6 Å². The number of methoxy groups -OCH3 is 2. The molecule has 8 N–H and O–H groups in total. The number of carbonyl (C=O) groups is 3. The molecule has 0 aliphatic rings. The maximum atomic E-state index is 12.1. The molecule has 0 bridgehead atoms. The molecule has 0 saturated carbocycles. The number of unbranched alkanes of at least 4 members (excludes halogenated alkanes) is 1. The summed E-state index contributed by atoms with van der Waals surface area (Å²) < 4.78 is 15.9. The first-order chi connectivity index (χ1) is 24.0. The average molecular weight is 682 g/mol. The van der Waals surface area contributed by atoms with Crippen LogP contribution in [0.25, 0.3) is 17.2 Å². The number of nitrogens with two attached hydrogens (primary N) is 3. The molecule has 0 aliphatic heterocycles. The quantitative estimate of drug-likeness (QED) is 0.0397. The molecule has 0 radical (unpaired) electrons. The maximum Gasteiger partial charge on any atom is 0.330 e. The zero-order valence-electron chi connectivity index (χ0n) is 29.1. The Hall–Kier alpha value is -5.97. The van der Waals surface area contributed by atoms with E-state index in [0.717, 1.165) is 40.8 Å². The molecule has 264 valence electrons. The van der Waals surface area contributed by atoms with E-state index in [1.807, 2.05) is 67.6 Å². The van der Waals surface area contributed by atoms with Crippen molar-refractivity contribution in [2.45, 2.75) is 46.0 Å². The lowest BCUT2D eigenvalue weighted by Gasteiger charge is -2.09. The number of benzene rings is 4. The van der Waals surface area contributed by atoms with Gasteiger partial charge in [0, 0.05) is 41.5 Å². The number of carbonyl (C=O) groups excluding carboxylic acids is 3. The summed E-state index contributed by atoms with van der Waals surface area (Å²) in [6.45, 7) is 4.15. The zero-order chi connectivity index (χ0) is 36.5. The van der Waals surface area contributed by atoms with Crippen molar-refractivity contribution in [3.63, 3.8) is 0 Å². The lowest BCUT2D eigenvalue weighted by molar-refractivity contribution is -0.138. The van der Waals surface area contributed by atoms with E-state index in [9.17, 15) is 14.4 Å². The topological polar surface area (TPSA) is 181 Å². The Morgan fingerprint density at radius 2 is 1.40 bits per heavy atom. The summed E-state index contributed by atoms with van der Waals surface area (Å²) in [6, 6.07) is 23.9. The van der Waals surface area contributed by atoms with Crippen molar-refractivity contribution in [3.8, 4) is 22.6 Å². The van der Waals surface area contributed by atoms with Gasteiger partial charge < -0.3 is 42.0 Å². The predicted octanol–water partition coefficient (Wildman–Crippen LogP) is 7.22. The molecule has 4 rings (SSSR count). The standard InChI is InChI=1S/C27H29N3O5.C12H18N2O/c1-33-24-10-7-18(8-11-24)20-6-5-19(25(14-20)34-2)9-12-27(32)35-13-3-4-26(31)30-23-16-21(28)15-22(29)17-23;1-3-4-5-12(15)14-11-7-6-9(2)8-10(11)13/h5-12,14-17H,3-4,13,28-29H2,1-2H3,(H,30,31);6-8H,3-5,13H2,1-2H3,(H,14,15)/b12-9+;. The van der Waals surface area contributed by atoms with Crippen LogP contribution in [0, 0.1) is 6.92 Å². The van der Waals surface area contributed by atoms with Crippen LogP contribution in [0.4, 0.5) is 28.4 Å². The number of ether oxygens (including phenoxy) is 3. The highest BCUT2D eigenvalue weighted by molar-refractivity contribution is 5.94. The summed E-state index contributed by atoms with van der Waals surface area (Å²) in [4.78, 5) is 35.6. The van der Waals surface area contributed by atoms with Crippen molar-refractivity contribution in [2.24, 2.45) is 0 Å². The Morgan fingerprint density at radius 3 is 2.04 bits per heavy atom. The van der Waals surface area contributed by atoms with E-state index in [0.29, 0.717) is 47.0 Å². The molecule has 0 fully saturated rings. The van der Waals surface area contributed by atoms with Crippen LogP contribution in [0.1, 0.15) is 50.2 Å². The second-order valence-electron chi connectivity index (χ2n) is 11.5. The number of anilines is 5. The fraction of sp³-hybridized carbons (Fsp3) is 0.256. The van der Waals surface area contributed by atoms with E-state index in [2.05, 4.69) is 17.6 Å². The minimum atomic E-state index is -0.504. The Labute approximate surface area is 293 Å². The highest BCUT2D eigenvalue weighted by Crippen LogP contribution is 2.29. The summed E-state index contributed by atoms with van der Waals surface area (Å²) in [5.74, 6) is 0.721. The summed E-state index contributed by atoms with van der Waals surface area (Å²) in [5.41, 5.74) is 23.8. The number of aryl methyl sites for hydroxylation is 1. The van der Waals surface area contributed by atoms with Gasteiger partial charge in [-0.3, -0.25) is 9.59 Å². The average Bonchev–Trinajstić information content (AvgIpc) is 3.09. The number of hydrogen-bond donors (Lipinski definition) is 5. The van der Waals surface area contributed by atoms with Gasteiger partial charge in [0.1, 0.15) is 11.5 Å². The Balaban J connectivity index is 0.000000376.